The summed E-state index contributed by atoms with van der Waals surface area (Å²) in [6.45, 7) is 16.3. The van der Waals surface area contributed by atoms with Gasteiger partial charge >= 0.3 is 0 Å². The lowest BCUT2D eigenvalue weighted by Crippen LogP contribution is -2.37. The molecule has 3 nitrogen and oxygen atoms in total. The molecule has 0 N–H and O–H groups in total. The Morgan fingerprint density at radius 3 is 2.13 bits per heavy atom. The van der Waals surface area contributed by atoms with Gasteiger partial charge in [-0.3, -0.25) is 0 Å². The Kier molecular flexibility index (Phi) is 7.29. The maximum absolute atomic E-state index is 5.02. The quantitative estimate of drug-likeness (QED) is 0.243. The smallest absolute Gasteiger partial charge is 0.158 e. The predicted molar refractivity (Wildman–Crippen MR) is 168 cm³/mol. The van der Waals surface area contributed by atoms with Crippen molar-refractivity contribution in [2.24, 2.45) is 0 Å². The van der Waals surface area contributed by atoms with Crippen LogP contribution < -0.4 is 9.80 Å². The van der Waals surface area contributed by atoms with Crippen molar-refractivity contribution in [3.63, 3.8) is 0 Å². The van der Waals surface area contributed by atoms with Crippen LogP contribution in [0.5, 0.6) is 0 Å². The molecule has 0 aliphatic carbocycles. The van der Waals surface area contributed by atoms with Gasteiger partial charge in [-0.1, -0.05) is 109 Å². The first-order valence-corrected chi connectivity index (χ1v) is 14.5. The molecule has 0 bridgehead atoms. The summed E-state index contributed by atoms with van der Waals surface area (Å²) in [6.07, 6.45) is 5.40. The van der Waals surface area contributed by atoms with Crippen LogP contribution in [0.3, 0.4) is 0 Å². The molecule has 0 spiro atoms. The number of anilines is 4. The molecule has 0 saturated heterocycles. The van der Waals surface area contributed by atoms with Gasteiger partial charge in [-0.15, -0.1) is 0 Å². The lowest BCUT2D eigenvalue weighted by atomic mass is 9.74. The molecule has 3 aromatic carbocycles. The number of aromatic nitrogens is 1. The monoisotopic (exact) mass is 517 g/mol. The molecule has 2 unspecified atom stereocenters. The second-order valence-electron chi connectivity index (χ2n) is 12.2. The van der Waals surface area contributed by atoms with Gasteiger partial charge in [0.2, 0.25) is 0 Å². The van der Waals surface area contributed by atoms with Crippen molar-refractivity contribution in [2.75, 3.05) is 9.80 Å². The predicted octanol–water partition coefficient (Wildman–Crippen LogP) is 10.1. The third-order valence-corrected chi connectivity index (χ3v) is 8.61. The molecule has 4 aromatic rings. The van der Waals surface area contributed by atoms with E-state index in [2.05, 4.69) is 143 Å². The number of nitrogens with zero attached hydrogens (tertiary/aromatic N) is 3. The summed E-state index contributed by atoms with van der Waals surface area (Å²) in [7, 11) is 0. The van der Waals surface area contributed by atoms with Gasteiger partial charge in [0.05, 0.1) is 11.4 Å². The number of benzene rings is 3. The first kappa shape index (κ1) is 27.0. The highest BCUT2D eigenvalue weighted by molar-refractivity contribution is 5.91. The Morgan fingerprint density at radius 2 is 1.44 bits per heavy atom. The summed E-state index contributed by atoms with van der Waals surface area (Å²) in [6, 6.07) is 31.0. The molecule has 0 saturated carbocycles. The molecule has 39 heavy (non-hydrogen) atoms. The number of rotatable bonds is 7. The highest BCUT2D eigenvalue weighted by atomic mass is 15.4. The van der Waals surface area contributed by atoms with Crippen LogP contribution >= 0.6 is 0 Å². The Labute approximate surface area is 235 Å². The van der Waals surface area contributed by atoms with Crippen LogP contribution in [0.15, 0.2) is 91.1 Å². The highest BCUT2D eigenvalue weighted by Gasteiger charge is 2.40. The number of pyridine rings is 1. The molecule has 0 radical (unpaired) electrons. The maximum atomic E-state index is 5.02. The van der Waals surface area contributed by atoms with Crippen LogP contribution in [0.4, 0.5) is 22.9 Å². The fourth-order valence-electron chi connectivity index (χ4n) is 6.21. The third kappa shape index (κ3) is 4.84. The van der Waals surface area contributed by atoms with E-state index in [4.69, 9.17) is 4.98 Å². The molecule has 2 atom stereocenters. The minimum absolute atomic E-state index is 0.0517. The van der Waals surface area contributed by atoms with Gasteiger partial charge in [0, 0.05) is 17.4 Å². The zero-order valence-electron chi connectivity index (χ0n) is 24.7. The van der Waals surface area contributed by atoms with Crippen LogP contribution in [0, 0.1) is 0 Å². The average Bonchev–Trinajstić information content (AvgIpc) is 3.24. The fraction of sp³-hybridized carbons (Fsp3) is 0.361. The van der Waals surface area contributed by atoms with Gasteiger partial charge in [0.1, 0.15) is 6.17 Å². The lowest BCUT2D eigenvalue weighted by Gasteiger charge is -2.37. The zero-order valence-corrected chi connectivity index (χ0v) is 24.7. The summed E-state index contributed by atoms with van der Waals surface area (Å²) in [4.78, 5) is 9.98. The molecule has 1 aliphatic heterocycles. The zero-order chi connectivity index (χ0) is 27.8. The Morgan fingerprint density at radius 1 is 0.744 bits per heavy atom. The van der Waals surface area contributed by atoms with Crippen LogP contribution in [-0.2, 0) is 10.8 Å². The van der Waals surface area contributed by atoms with Crippen molar-refractivity contribution in [1.82, 2.24) is 4.98 Å². The molecule has 1 aliphatic rings. The molecular formula is C36H43N3. The first-order valence-electron chi connectivity index (χ1n) is 14.5. The molecular weight excluding hydrogens is 474 g/mol. The van der Waals surface area contributed by atoms with Crippen LogP contribution in [-0.4, -0.2) is 11.1 Å². The Hall–Kier alpha value is -3.59. The second-order valence-corrected chi connectivity index (χ2v) is 12.2. The first-order chi connectivity index (χ1) is 18.7. The van der Waals surface area contributed by atoms with E-state index in [0.29, 0.717) is 0 Å². The van der Waals surface area contributed by atoms with Gasteiger partial charge in [-0.2, -0.15) is 0 Å². The minimum atomic E-state index is 0.0517. The van der Waals surface area contributed by atoms with E-state index >= 15 is 0 Å². The standard InChI is InChI=1S/C36H43N3/c1-8-23-36(7,9-2)30-22-21-28(35(4,5)6)25-33(30)39-26(3)38(32-20-15-24-37-34(32)39)31-19-14-13-18-29(31)27-16-11-10-12-17-27/h10-22,24-26H,8-9,23H2,1-7H3. The summed E-state index contributed by atoms with van der Waals surface area (Å²) in [5, 5.41) is 0. The number of fused-ring (bicyclic) bond motifs is 1. The second kappa shape index (κ2) is 10.5. The molecule has 3 heteroatoms. The van der Waals surface area contributed by atoms with Crippen molar-refractivity contribution in [3.8, 4) is 11.1 Å². The fourth-order valence-corrected chi connectivity index (χ4v) is 6.21. The average molecular weight is 518 g/mol. The van der Waals surface area contributed by atoms with Crippen LogP contribution in [0.1, 0.15) is 78.9 Å². The minimum Gasteiger partial charge on any atom is -0.317 e. The van der Waals surface area contributed by atoms with Crippen LogP contribution in [0.25, 0.3) is 11.1 Å². The van der Waals surface area contributed by atoms with Gasteiger partial charge in [0.15, 0.2) is 5.82 Å². The number of hydrogen-bond donors (Lipinski definition) is 0. The van der Waals surface area contributed by atoms with Crippen molar-refractivity contribution in [2.45, 2.75) is 84.7 Å². The Bertz CT molecular complexity index is 1440. The van der Waals surface area contributed by atoms with Crippen molar-refractivity contribution < 1.29 is 0 Å². The van der Waals surface area contributed by atoms with E-state index in [9.17, 15) is 0 Å². The molecule has 1 aromatic heterocycles. The van der Waals surface area contributed by atoms with E-state index < -0.39 is 0 Å². The molecule has 5 rings (SSSR count). The third-order valence-electron chi connectivity index (χ3n) is 8.61. The van der Waals surface area contributed by atoms with Gasteiger partial charge < -0.3 is 9.80 Å². The van der Waals surface area contributed by atoms with Crippen molar-refractivity contribution >= 4 is 22.9 Å². The van der Waals surface area contributed by atoms with Crippen molar-refractivity contribution in [1.29, 1.82) is 0 Å². The van der Waals surface area contributed by atoms with Gasteiger partial charge in [-0.05, 0) is 71.6 Å². The summed E-state index contributed by atoms with van der Waals surface area (Å²) < 4.78 is 0. The lowest BCUT2D eigenvalue weighted by molar-refractivity contribution is 0.413. The van der Waals surface area contributed by atoms with Gasteiger partial charge in [0.25, 0.3) is 0 Å². The van der Waals surface area contributed by atoms with E-state index in [1.54, 1.807) is 0 Å². The number of para-hydroxylation sites is 1. The number of hydrogen-bond acceptors (Lipinski definition) is 3. The summed E-state index contributed by atoms with van der Waals surface area (Å²) in [5.74, 6) is 1.02. The summed E-state index contributed by atoms with van der Waals surface area (Å²) in [5.41, 5.74) is 9.00. The maximum Gasteiger partial charge on any atom is 0.158 e. The van der Waals surface area contributed by atoms with E-state index in [1.807, 2.05) is 6.20 Å². The van der Waals surface area contributed by atoms with Crippen molar-refractivity contribution in [3.05, 3.63) is 102 Å². The van der Waals surface area contributed by atoms with E-state index in [-0.39, 0.29) is 17.0 Å². The summed E-state index contributed by atoms with van der Waals surface area (Å²) >= 11 is 0. The largest absolute Gasteiger partial charge is 0.317 e. The molecule has 2 heterocycles. The normalized spacial score (nSPS) is 16.7. The van der Waals surface area contributed by atoms with Gasteiger partial charge in [-0.25, -0.2) is 4.98 Å². The van der Waals surface area contributed by atoms with E-state index in [0.717, 1.165) is 30.8 Å². The van der Waals surface area contributed by atoms with Crippen LogP contribution in [0.2, 0.25) is 0 Å². The SMILES string of the molecule is CCCC(C)(CC)c1ccc(C(C)(C)C)cc1N1c2ncccc2N(c2ccccc2-c2ccccc2)C1C. The Balaban J connectivity index is 1.73. The van der Waals surface area contributed by atoms with E-state index in [1.165, 1.54) is 33.6 Å². The molecule has 202 valence electrons. The molecule has 0 amide bonds. The highest BCUT2D eigenvalue weighted by Crippen LogP contribution is 2.51. The topological polar surface area (TPSA) is 19.4 Å². The molecule has 0 fully saturated rings.